The molecule has 29 heavy (non-hydrogen) atoms. The van der Waals surface area contributed by atoms with E-state index in [2.05, 4.69) is 0 Å². The molecule has 6 nitrogen and oxygen atoms in total. The maximum absolute atomic E-state index is 13.5. The summed E-state index contributed by atoms with van der Waals surface area (Å²) in [6.45, 7) is 0. The van der Waals surface area contributed by atoms with Crippen molar-refractivity contribution in [1.82, 2.24) is 4.90 Å². The van der Waals surface area contributed by atoms with Crippen molar-refractivity contribution in [2.45, 2.75) is 12.1 Å². The molecule has 3 heterocycles. The van der Waals surface area contributed by atoms with Gasteiger partial charge in [-0.15, -0.1) is 0 Å². The standard InChI is InChI=1S/C22H17ClN2O4/c1-29-22(28)19-17-16(18-15-8-3-2-5-12(15)9-10-24(18)19)20(26)25(21(17)27)14-7-4-6-13(23)11-14/h2-11,16-19H,1H3/t16-,17+,18+,19+/m0/s1. The predicted octanol–water partition coefficient (Wildman–Crippen LogP) is 3.03. The fourth-order valence-electron chi connectivity index (χ4n) is 4.82. The number of carbonyl (C=O) groups excluding carboxylic acids is 3. The molecule has 2 fully saturated rings. The number of hydrogen-bond donors (Lipinski definition) is 0. The molecule has 0 N–H and O–H groups in total. The van der Waals surface area contributed by atoms with Gasteiger partial charge >= 0.3 is 5.97 Å². The fourth-order valence-corrected chi connectivity index (χ4v) is 5.00. The molecule has 0 aromatic heterocycles. The summed E-state index contributed by atoms with van der Waals surface area (Å²) in [6.07, 6.45) is 3.68. The van der Waals surface area contributed by atoms with Crippen LogP contribution in [-0.2, 0) is 19.1 Å². The van der Waals surface area contributed by atoms with Gasteiger partial charge in [-0.1, -0.05) is 41.9 Å². The number of halogens is 1. The molecule has 7 heteroatoms. The molecule has 2 amide bonds. The van der Waals surface area contributed by atoms with E-state index in [1.165, 1.54) is 7.11 Å². The van der Waals surface area contributed by atoms with Gasteiger partial charge in [0.25, 0.3) is 0 Å². The Labute approximate surface area is 172 Å². The zero-order valence-electron chi connectivity index (χ0n) is 15.5. The number of ether oxygens (including phenoxy) is 1. The molecule has 0 aliphatic carbocycles. The fraction of sp³-hybridized carbons (Fsp3) is 0.227. The van der Waals surface area contributed by atoms with Crippen molar-refractivity contribution in [3.8, 4) is 0 Å². The molecule has 2 aromatic rings. The summed E-state index contributed by atoms with van der Waals surface area (Å²) in [5.41, 5.74) is 2.31. The van der Waals surface area contributed by atoms with Crippen molar-refractivity contribution in [2.24, 2.45) is 11.8 Å². The average molecular weight is 409 g/mol. The predicted molar refractivity (Wildman–Crippen MR) is 107 cm³/mol. The maximum Gasteiger partial charge on any atom is 0.329 e. The molecular weight excluding hydrogens is 392 g/mol. The average Bonchev–Trinajstić information content (AvgIpc) is 3.20. The Bertz CT molecular complexity index is 1080. The lowest BCUT2D eigenvalue weighted by atomic mass is 9.84. The van der Waals surface area contributed by atoms with Crippen LogP contribution in [0.2, 0.25) is 5.02 Å². The van der Waals surface area contributed by atoms with Gasteiger partial charge in [-0.3, -0.25) is 9.59 Å². The minimum atomic E-state index is -0.861. The number of fused-ring (bicyclic) bond motifs is 5. The van der Waals surface area contributed by atoms with E-state index in [-0.39, 0.29) is 5.91 Å². The first-order valence-electron chi connectivity index (χ1n) is 9.28. The lowest BCUT2D eigenvalue weighted by Gasteiger charge is -2.34. The van der Waals surface area contributed by atoms with E-state index in [1.807, 2.05) is 30.3 Å². The second-order valence-corrected chi connectivity index (χ2v) is 7.78. The van der Waals surface area contributed by atoms with Crippen molar-refractivity contribution in [3.05, 3.63) is 70.9 Å². The van der Waals surface area contributed by atoms with Crippen LogP contribution >= 0.6 is 11.6 Å². The summed E-state index contributed by atoms with van der Waals surface area (Å²) in [4.78, 5) is 42.5. The molecule has 0 bridgehead atoms. The first-order valence-corrected chi connectivity index (χ1v) is 9.66. The first-order chi connectivity index (χ1) is 14.0. The summed E-state index contributed by atoms with van der Waals surface area (Å²) in [6, 6.07) is 13.1. The topological polar surface area (TPSA) is 66.9 Å². The number of amides is 2. The van der Waals surface area contributed by atoms with E-state index >= 15 is 0 Å². The molecule has 0 spiro atoms. The van der Waals surface area contributed by atoms with E-state index in [4.69, 9.17) is 16.3 Å². The van der Waals surface area contributed by atoms with Gasteiger partial charge in [0.15, 0.2) is 0 Å². The van der Waals surface area contributed by atoms with Crippen molar-refractivity contribution in [1.29, 1.82) is 0 Å². The van der Waals surface area contributed by atoms with Gasteiger partial charge < -0.3 is 9.64 Å². The lowest BCUT2D eigenvalue weighted by molar-refractivity contribution is -0.148. The summed E-state index contributed by atoms with van der Waals surface area (Å²) in [7, 11) is 1.29. The van der Waals surface area contributed by atoms with Crippen LogP contribution in [0.3, 0.4) is 0 Å². The Hall–Kier alpha value is -3.12. The van der Waals surface area contributed by atoms with Crippen molar-refractivity contribution >= 4 is 41.1 Å². The number of carbonyl (C=O) groups is 3. The molecular formula is C22H17ClN2O4. The highest BCUT2D eigenvalue weighted by Crippen LogP contribution is 2.53. The Kier molecular flexibility index (Phi) is 3.99. The van der Waals surface area contributed by atoms with Gasteiger partial charge in [-0.25, -0.2) is 9.69 Å². The van der Waals surface area contributed by atoms with E-state index in [1.54, 1.807) is 35.4 Å². The highest BCUT2D eigenvalue weighted by atomic mass is 35.5. The number of imide groups is 1. The van der Waals surface area contributed by atoms with Crippen LogP contribution < -0.4 is 4.90 Å². The van der Waals surface area contributed by atoms with Gasteiger partial charge in [0.2, 0.25) is 11.8 Å². The van der Waals surface area contributed by atoms with Crippen molar-refractivity contribution in [3.63, 3.8) is 0 Å². The summed E-state index contributed by atoms with van der Waals surface area (Å²) >= 11 is 6.08. The highest BCUT2D eigenvalue weighted by molar-refractivity contribution is 6.31. The summed E-state index contributed by atoms with van der Waals surface area (Å²) in [5.74, 6) is -2.77. The number of nitrogens with zero attached hydrogens (tertiary/aromatic N) is 2. The molecule has 2 saturated heterocycles. The van der Waals surface area contributed by atoms with E-state index < -0.39 is 35.8 Å². The minimum Gasteiger partial charge on any atom is -0.467 e. The molecule has 2 aromatic carbocycles. The third-order valence-electron chi connectivity index (χ3n) is 5.97. The third-order valence-corrected chi connectivity index (χ3v) is 6.21. The second kappa shape index (κ2) is 6.46. The van der Waals surface area contributed by atoms with Crippen LogP contribution in [0.5, 0.6) is 0 Å². The normalized spacial score (nSPS) is 27.0. The molecule has 146 valence electrons. The van der Waals surface area contributed by atoms with Crippen LogP contribution in [-0.4, -0.2) is 35.8 Å². The maximum atomic E-state index is 13.5. The molecule has 0 radical (unpaired) electrons. The van der Waals surface area contributed by atoms with Gasteiger partial charge in [-0.2, -0.15) is 0 Å². The largest absolute Gasteiger partial charge is 0.467 e. The Morgan fingerprint density at radius 3 is 2.55 bits per heavy atom. The second-order valence-electron chi connectivity index (χ2n) is 7.35. The number of hydrogen-bond acceptors (Lipinski definition) is 5. The van der Waals surface area contributed by atoms with Gasteiger partial charge in [0.05, 0.1) is 30.7 Å². The van der Waals surface area contributed by atoms with Gasteiger partial charge in [-0.05, 0) is 35.4 Å². The van der Waals surface area contributed by atoms with E-state index in [9.17, 15) is 14.4 Å². The summed E-state index contributed by atoms with van der Waals surface area (Å²) in [5, 5.41) is 0.428. The van der Waals surface area contributed by atoms with E-state index in [0.29, 0.717) is 10.7 Å². The number of methoxy groups -OCH3 is 1. The Morgan fingerprint density at radius 1 is 1.03 bits per heavy atom. The zero-order valence-corrected chi connectivity index (χ0v) is 16.2. The van der Waals surface area contributed by atoms with Crippen LogP contribution in [0, 0.1) is 11.8 Å². The highest BCUT2D eigenvalue weighted by Gasteiger charge is 2.65. The molecule has 4 atom stereocenters. The zero-order chi connectivity index (χ0) is 20.3. The minimum absolute atomic E-state index is 0.325. The van der Waals surface area contributed by atoms with Crippen LogP contribution in [0.4, 0.5) is 5.69 Å². The Morgan fingerprint density at radius 2 is 1.79 bits per heavy atom. The van der Waals surface area contributed by atoms with Gasteiger partial charge in [0, 0.05) is 11.2 Å². The third kappa shape index (κ3) is 2.45. The van der Waals surface area contributed by atoms with Crippen LogP contribution in [0.15, 0.2) is 54.7 Å². The van der Waals surface area contributed by atoms with Gasteiger partial charge in [0.1, 0.15) is 6.04 Å². The monoisotopic (exact) mass is 408 g/mol. The van der Waals surface area contributed by atoms with E-state index in [0.717, 1.165) is 16.0 Å². The molecule has 0 saturated carbocycles. The van der Waals surface area contributed by atoms with Crippen LogP contribution in [0.1, 0.15) is 17.2 Å². The molecule has 5 rings (SSSR count). The number of rotatable bonds is 2. The number of benzene rings is 2. The molecule has 0 unspecified atom stereocenters. The SMILES string of the molecule is COC(=O)[C@H]1[C@@H]2C(=O)N(c3cccc(Cl)c3)C(=O)[C@@H]2[C@H]2c3ccccc3C=CN21. The van der Waals surface area contributed by atoms with Crippen molar-refractivity contribution in [2.75, 3.05) is 12.0 Å². The van der Waals surface area contributed by atoms with Crippen LogP contribution in [0.25, 0.3) is 6.08 Å². The first kappa shape index (κ1) is 17.9. The smallest absolute Gasteiger partial charge is 0.329 e. The molecule has 3 aliphatic rings. The number of anilines is 1. The Balaban J connectivity index is 1.66. The quantitative estimate of drug-likeness (QED) is 0.564. The molecule has 3 aliphatic heterocycles. The lowest BCUT2D eigenvalue weighted by Crippen LogP contribution is -2.44. The number of esters is 1. The summed E-state index contributed by atoms with van der Waals surface area (Å²) < 4.78 is 5.01. The van der Waals surface area contributed by atoms with Crippen molar-refractivity contribution < 1.29 is 19.1 Å².